The fourth-order valence-electron chi connectivity index (χ4n) is 2.89. The van der Waals surface area contributed by atoms with Crippen molar-refractivity contribution in [3.63, 3.8) is 0 Å². The standard InChI is InChI=1S/C15H19NS/c1-11(12-4-2-3-5-12)16-14-6-7-15-13(10-14)8-9-17-15/h6-12,16H,2-5H2,1H3. The lowest BCUT2D eigenvalue weighted by Crippen LogP contribution is -2.23. The van der Waals surface area contributed by atoms with E-state index in [1.54, 1.807) is 0 Å². The van der Waals surface area contributed by atoms with E-state index < -0.39 is 0 Å². The summed E-state index contributed by atoms with van der Waals surface area (Å²) < 4.78 is 1.38. The molecule has 0 amide bonds. The molecule has 1 aliphatic carbocycles. The van der Waals surface area contributed by atoms with Crippen molar-refractivity contribution in [3.8, 4) is 0 Å². The van der Waals surface area contributed by atoms with Gasteiger partial charge in [0.05, 0.1) is 0 Å². The van der Waals surface area contributed by atoms with Crippen molar-refractivity contribution in [2.45, 2.75) is 38.6 Å². The Bertz CT molecular complexity index is 496. The van der Waals surface area contributed by atoms with Gasteiger partial charge in [-0.05, 0) is 60.7 Å². The summed E-state index contributed by atoms with van der Waals surface area (Å²) in [7, 11) is 0. The van der Waals surface area contributed by atoms with E-state index in [9.17, 15) is 0 Å². The molecule has 0 bridgehead atoms. The Morgan fingerprint density at radius 1 is 1.24 bits per heavy atom. The van der Waals surface area contributed by atoms with E-state index in [4.69, 9.17) is 0 Å². The van der Waals surface area contributed by atoms with Crippen LogP contribution in [0.1, 0.15) is 32.6 Å². The minimum absolute atomic E-state index is 0.605. The van der Waals surface area contributed by atoms with Gasteiger partial charge in [0.1, 0.15) is 0 Å². The second kappa shape index (κ2) is 4.69. The van der Waals surface area contributed by atoms with Crippen molar-refractivity contribution in [3.05, 3.63) is 29.6 Å². The lowest BCUT2D eigenvalue weighted by Gasteiger charge is -2.21. The highest BCUT2D eigenvalue weighted by Crippen LogP contribution is 2.30. The summed E-state index contributed by atoms with van der Waals surface area (Å²) in [6, 6.07) is 9.52. The van der Waals surface area contributed by atoms with Gasteiger partial charge in [0.2, 0.25) is 0 Å². The number of benzene rings is 1. The van der Waals surface area contributed by atoms with E-state index in [1.165, 1.54) is 41.5 Å². The fraction of sp³-hybridized carbons (Fsp3) is 0.467. The molecule has 1 heterocycles. The lowest BCUT2D eigenvalue weighted by molar-refractivity contribution is 0.482. The number of nitrogens with one attached hydrogen (secondary N) is 1. The maximum Gasteiger partial charge on any atom is 0.0349 e. The van der Waals surface area contributed by atoms with E-state index in [-0.39, 0.29) is 0 Å². The molecule has 1 aromatic heterocycles. The number of hydrogen-bond donors (Lipinski definition) is 1. The van der Waals surface area contributed by atoms with Crippen molar-refractivity contribution in [2.24, 2.45) is 5.92 Å². The molecule has 2 heteroatoms. The van der Waals surface area contributed by atoms with Crippen LogP contribution in [0.2, 0.25) is 0 Å². The number of hydrogen-bond acceptors (Lipinski definition) is 2. The number of rotatable bonds is 3. The Morgan fingerprint density at radius 2 is 2.06 bits per heavy atom. The molecule has 1 N–H and O–H groups in total. The van der Waals surface area contributed by atoms with Crippen LogP contribution < -0.4 is 5.32 Å². The number of thiophene rings is 1. The van der Waals surface area contributed by atoms with Crippen LogP contribution in [-0.4, -0.2) is 6.04 Å². The van der Waals surface area contributed by atoms with Crippen molar-refractivity contribution in [2.75, 3.05) is 5.32 Å². The third-order valence-electron chi connectivity index (χ3n) is 3.95. The van der Waals surface area contributed by atoms with Crippen LogP contribution in [-0.2, 0) is 0 Å². The van der Waals surface area contributed by atoms with Crippen molar-refractivity contribution < 1.29 is 0 Å². The van der Waals surface area contributed by atoms with Gasteiger partial charge in [-0.2, -0.15) is 0 Å². The van der Waals surface area contributed by atoms with Crippen LogP contribution in [0.4, 0.5) is 5.69 Å². The first-order valence-corrected chi connectivity index (χ1v) is 7.45. The summed E-state index contributed by atoms with van der Waals surface area (Å²) in [6.45, 7) is 2.33. The Hall–Kier alpha value is -1.02. The Kier molecular flexibility index (Phi) is 3.06. The van der Waals surface area contributed by atoms with E-state index in [1.807, 2.05) is 11.3 Å². The molecule has 90 valence electrons. The molecule has 2 aromatic rings. The first kappa shape index (κ1) is 11.1. The van der Waals surface area contributed by atoms with Gasteiger partial charge in [0.25, 0.3) is 0 Å². The van der Waals surface area contributed by atoms with Crippen molar-refractivity contribution in [1.82, 2.24) is 0 Å². The number of fused-ring (bicyclic) bond motifs is 1. The molecule has 1 unspecified atom stereocenters. The van der Waals surface area contributed by atoms with E-state index >= 15 is 0 Å². The van der Waals surface area contributed by atoms with E-state index in [0.717, 1.165) is 5.92 Å². The molecule has 1 aromatic carbocycles. The second-order valence-electron chi connectivity index (χ2n) is 5.15. The van der Waals surface area contributed by atoms with Gasteiger partial charge in [-0.25, -0.2) is 0 Å². The van der Waals surface area contributed by atoms with Gasteiger partial charge in [-0.15, -0.1) is 11.3 Å². The maximum atomic E-state index is 3.67. The largest absolute Gasteiger partial charge is 0.382 e. The second-order valence-corrected chi connectivity index (χ2v) is 6.10. The fourth-order valence-corrected chi connectivity index (χ4v) is 3.67. The highest BCUT2D eigenvalue weighted by molar-refractivity contribution is 7.17. The van der Waals surface area contributed by atoms with Crippen LogP contribution in [0, 0.1) is 5.92 Å². The molecule has 1 nitrogen and oxygen atoms in total. The molecular weight excluding hydrogens is 226 g/mol. The zero-order valence-corrected chi connectivity index (χ0v) is 11.1. The zero-order valence-electron chi connectivity index (χ0n) is 10.3. The van der Waals surface area contributed by atoms with Crippen LogP contribution in [0.15, 0.2) is 29.6 Å². The summed E-state index contributed by atoms with van der Waals surface area (Å²) in [5, 5.41) is 7.19. The van der Waals surface area contributed by atoms with Crippen LogP contribution >= 0.6 is 11.3 Å². The molecule has 0 saturated heterocycles. The quantitative estimate of drug-likeness (QED) is 0.811. The van der Waals surface area contributed by atoms with Gasteiger partial charge < -0.3 is 5.32 Å². The predicted octanol–water partition coefficient (Wildman–Crippen LogP) is 4.89. The molecule has 1 fully saturated rings. The summed E-state index contributed by atoms with van der Waals surface area (Å²) in [6.07, 6.45) is 5.63. The van der Waals surface area contributed by atoms with Gasteiger partial charge in [-0.3, -0.25) is 0 Å². The Balaban J connectivity index is 1.74. The predicted molar refractivity (Wildman–Crippen MR) is 76.9 cm³/mol. The van der Waals surface area contributed by atoms with Gasteiger partial charge in [-0.1, -0.05) is 12.8 Å². The topological polar surface area (TPSA) is 12.0 Å². The Morgan fingerprint density at radius 3 is 2.88 bits per heavy atom. The summed E-state index contributed by atoms with van der Waals surface area (Å²) >= 11 is 1.81. The van der Waals surface area contributed by atoms with E-state index in [0.29, 0.717) is 6.04 Å². The molecule has 0 aliphatic heterocycles. The average Bonchev–Trinajstić information content (AvgIpc) is 2.99. The highest BCUT2D eigenvalue weighted by Gasteiger charge is 2.21. The summed E-state index contributed by atoms with van der Waals surface area (Å²) in [5.41, 5.74) is 1.27. The molecule has 3 rings (SSSR count). The summed E-state index contributed by atoms with van der Waals surface area (Å²) in [5.74, 6) is 0.869. The SMILES string of the molecule is CC(Nc1ccc2sccc2c1)C1CCCC1. The zero-order chi connectivity index (χ0) is 11.7. The molecule has 1 aliphatic rings. The molecular formula is C15H19NS. The molecule has 1 atom stereocenters. The van der Waals surface area contributed by atoms with Gasteiger partial charge in [0.15, 0.2) is 0 Å². The highest BCUT2D eigenvalue weighted by atomic mass is 32.1. The third-order valence-corrected chi connectivity index (χ3v) is 4.85. The van der Waals surface area contributed by atoms with Crippen LogP contribution in [0.25, 0.3) is 10.1 Å². The van der Waals surface area contributed by atoms with E-state index in [2.05, 4.69) is 41.9 Å². The molecule has 0 radical (unpaired) electrons. The third kappa shape index (κ3) is 2.32. The van der Waals surface area contributed by atoms with Crippen LogP contribution in [0.3, 0.4) is 0 Å². The lowest BCUT2D eigenvalue weighted by atomic mass is 9.99. The van der Waals surface area contributed by atoms with Gasteiger partial charge in [0, 0.05) is 16.4 Å². The smallest absolute Gasteiger partial charge is 0.0349 e. The monoisotopic (exact) mass is 245 g/mol. The normalized spacial score (nSPS) is 18.6. The average molecular weight is 245 g/mol. The van der Waals surface area contributed by atoms with Gasteiger partial charge >= 0.3 is 0 Å². The minimum atomic E-state index is 0.605. The maximum absolute atomic E-state index is 3.67. The van der Waals surface area contributed by atoms with Crippen LogP contribution in [0.5, 0.6) is 0 Å². The molecule has 17 heavy (non-hydrogen) atoms. The first-order chi connectivity index (χ1) is 8.33. The first-order valence-electron chi connectivity index (χ1n) is 6.57. The molecule has 1 saturated carbocycles. The molecule has 0 spiro atoms. The van der Waals surface area contributed by atoms with Crippen molar-refractivity contribution in [1.29, 1.82) is 0 Å². The Labute approximate surface area is 107 Å². The van der Waals surface area contributed by atoms with Crippen molar-refractivity contribution >= 4 is 27.1 Å². The minimum Gasteiger partial charge on any atom is -0.382 e. The number of anilines is 1. The summed E-state index contributed by atoms with van der Waals surface area (Å²) in [4.78, 5) is 0.